The van der Waals surface area contributed by atoms with E-state index in [1.165, 1.54) is 12.3 Å². The van der Waals surface area contributed by atoms with E-state index in [0.29, 0.717) is 0 Å². The number of aromatic nitrogens is 4. The zero-order valence-corrected chi connectivity index (χ0v) is 12.1. The number of carboxylic acid groups (broad SMARTS) is 1. The lowest BCUT2D eigenvalue weighted by Crippen LogP contribution is -2.29. The van der Waals surface area contributed by atoms with Gasteiger partial charge in [0.25, 0.3) is 5.91 Å². The zero-order valence-electron chi connectivity index (χ0n) is 12.1. The summed E-state index contributed by atoms with van der Waals surface area (Å²) in [4.78, 5) is 22.9. The number of aliphatic carboxylic acids is 1. The molecule has 0 spiro atoms. The molecule has 8 nitrogen and oxygen atoms in total. The van der Waals surface area contributed by atoms with Gasteiger partial charge in [0, 0.05) is 25.0 Å². The second-order valence-corrected chi connectivity index (χ2v) is 4.81. The first-order valence-corrected chi connectivity index (χ1v) is 6.43. The molecule has 0 aliphatic heterocycles. The van der Waals surface area contributed by atoms with E-state index < -0.39 is 5.97 Å². The van der Waals surface area contributed by atoms with E-state index in [1.54, 1.807) is 4.68 Å². The summed E-state index contributed by atoms with van der Waals surface area (Å²) in [5.74, 6) is -1.42. The van der Waals surface area contributed by atoms with Crippen LogP contribution in [0.15, 0.2) is 18.5 Å². The number of nitrogens with zero attached hydrogens (tertiary/aromatic N) is 4. The molecule has 2 heterocycles. The van der Waals surface area contributed by atoms with Crippen LogP contribution in [0.3, 0.4) is 0 Å². The molecule has 2 aromatic heterocycles. The summed E-state index contributed by atoms with van der Waals surface area (Å²) in [6, 6.07) is 1.25. The Kier molecular flexibility index (Phi) is 4.06. The average molecular weight is 291 g/mol. The lowest BCUT2D eigenvalue weighted by atomic mass is 10.1. The third-order valence-corrected chi connectivity index (χ3v) is 3.10. The summed E-state index contributed by atoms with van der Waals surface area (Å²) in [5.41, 5.74) is 1.96. The molecule has 1 unspecified atom stereocenters. The molecule has 112 valence electrons. The van der Waals surface area contributed by atoms with E-state index in [9.17, 15) is 9.59 Å². The van der Waals surface area contributed by atoms with Crippen molar-refractivity contribution in [3.05, 3.63) is 35.4 Å². The topological polar surface area (TPSA) is 102 Å². The standard InChI is InChI=1S/C13H17N5O3/c1-8(10-6-17(3)16-9(10)2)15-13(21)11-4-5-14-18(11)7-12(19)20/h4-6,8H,7H2,1-3H3,(H,15,21)(H,19,20). The molecule has 0 saturated carbocycles. The normalized spacial score (nSPS) is 12.1. The summed E-state index contributed by atoms with van der Waals surface area (Å²) in [7, 11) is 1.81. The van der Waals surface area contributed by atoms with E-state index in [4.69, 9.17) is 5.11 Å². The summed E-state index contributed by atoms with van der Waals surface area (Å²) in [6.07, 6.45) is 3.24. The molecule has 1 atom stereocenters. The van der Waals surface area contributed by atoms with Crippen molar-refractivity contribution in [2.45, 2.75) is 26.4 Å². The fourth-order valence-electron chi connectivity index (χ4n) is 2.17. The van der Waals surface area contributed by atoms with Gasteiger partial charge in [-0.2, -0.15) is 10.2 Å². The SMILES string of the molecule is Cc1nn(C)cc1C(C)NC(=O)c1ccnn1CC(=O)O. The zero-order chi connectivity index (χ0) is 15.6. The molecule has 1 amide bonds. The van der Waals surface area contributed by atoms with Crippen molar-refractivity contribution >= 4 is 11.9 Å². The monoisotopic (exact) mass is 291 g/mol. The molecule has 21 heavy (non-hydrogen) atoms. The lowest BCUT2D eigenvalue weighted by Gasteiger charge is -2.13. The van der Waals surface area contributed by atoms with Gasteiger partial charge in [-0.3, -0.25) is 14.3 Å². The highest BCUT2D eigenvalue weighted by Crippen LogP contribution is 2.16. The number of hydrogen-bond donors (Lipinski definition) is 2. The molecule has 2 aromatic rings. The maximum Gasteiger partial charge on any atom is 0.325 e. The Labute approximate surface area is 121 Å². The summed E-state index contributed by atoms with van der Waals surface area (Å²) in [6.45, 7) is 3.36. The van der Waals surface area contributed by atoms with Crippen molar-refractivity contribution in [3.8, 4) is 0 Å². The first-order chi connectivity index (χ1) is 9.88. The average Bonchev–Trinajstić information content (AvgIpc) is 2.95. The van der Waals surface area contributed by atoms with Gasteiger partial charge in [-0.25, -0.2) is 4.68 Å². The number of carboxylic acids is 1. The van der Waals surface area contributed by atoms with E-state index in [2.05, 4.69) is 15.5 Å². The largest absolute Gasteiger partial charge is 0.480 e. The smallest absolute Gasteiger partial charge is 0.325 e. The number of amides is 1. The quantitative estimate of drug-likeness (QED) is 0.835. The molecule has 0 bridgehead atoms. The van der Waals surface area contributed by atoms with Crippen LogP contribution in [-0.4, -0.2) is 36.5 Å². The fourth-order valence-corrected chi connectivity index (χ4v) is 2.17. The number of carbonyl (C=O) groups excluding carboxylic acids is 1. The lowest BCUT2D eigenvalue weighted by molar-refractivity contribution is -0.137. The van der Waals surface area contributed by atoms with Gasteiger partial charge in [0.2, 0.25) is 0 Å². The Morgan fingerprint density at radius 2 is 2.19 bits per heavy atom. The summed E-state index contributed by atoms with van der Waals surface area (Å²) in [5, 5.41) is 19.7. The van der Waals surface area contributed by atoms with Gasteiger partial charge >= 0.3 is 5.97 Å². The molecule has 0 aliphatic carbocycles. The first kappa shape index (κ1) is 14.8. The first-order valence-electron chi connectivity index (χ1n) is 6.43. The summed E-state index contributed by atoms with van der Waals surface area (Å²) >= 11 is 0. The second kappa shape index (κ2) is 5.78. The third kappa shape index (κ3) is 3.28. The number of hydrogen-bond acceptors (Lipinski definition) is 4. The van der Waals surface area contributed by atoms with Gasteiger partial charge in [-0.15, -0.1) is 0 Å². The van der Waals surface area contributed by atoms with Gasteiger partial charge in [0.05, 0.1) is 11.7 Å². The Morgan fingerprint density at radius 3 is 2.76 bits per heavy atom. The van der Waals surface area contributed by atoms with Gasteiger partial charge in [0.15, 0.2) is 0 Å². The maximum atomic E-state index is 12.2. The van der Waals surface area contributed by atoms with Crippen LogP contribution in [0, 0.1) is 6.92 Å². The molecule has 0 aliphatic rings. The molecule has 2 N–H and O–H groups in total. The predicted octanol–water partition coefficient (Wildman–Crippen LogP) is 0.501. The number of nitrogens with one attached hydrogen (secondary N) is 1. The van der Waals surface area contributed by atoms with Crippen molar-refractivity contribution in [2.75, 3.05) is 0 Å². The molecular formula is C13H17N5O3. The molecule has 0 radical (unpaired) electrons. The van der Waals surface area contributed by atoms with Crippen molar-refractivity contribution in [3.63, 3.8) is 0 Å². The van der Waals surface area contributed by atoms with Crippen LogP contribution in [-0.2, 0) is 18.4 Å². The minimum Gasteiger partial charge on any atom is -0.480 e. The third-order valence-electron chi connectivity index (χ3n) is 3.10. The molecule has 2 rings (SSSR count). The van der Waals surface area contributed by atoms with Crippen LogP contribution in [0.4, 0.5) is 0 Å². The van der Waals surface area contributed by atoms with E-state index >= 15 is 0 Å². The van der Waals surface area contributed by atoms with E-state index in [0.717, 1.165) is 15.9 Å². The van der Waals surface area contributed by atoms with Gasteiger partial charge in [0.1, 0.15) is 12.2 Å². The minimum absolute atomic E-state index is 0.214. The fraction of sp³-hybridized carbons (Fsp3) is 0.385. The van der Waals surface area contributed by atoms with Gasteiger partial charge in [-0.05, 0) is 19.9 Å². The van der Waals surface area contributed by atoms with Crippen molar-refractivity contribution < 1.29 is 14.7 Å². The summed E-state index contributed by atoms with van der Waals surface area (Å²) < 4.78 is 2.84. The highest BCUT2D eigenvalue weighted by molar-refractivity contribution is 5.93. The van der Waals surface area contributed by atoms with Crippen LogP contribution in [0.5, 0.6) is 0 Å². The molecule has 8 heteroatoms. The van der Waals surface area contributed by atoms with Crippen LogP contribution >= 0.6 is 0 Å². The van der Waals surface area contributed by atoms with Crippen molar-refractivity contribution in [1.29, 1.82) is 0 Å². The molecular weight excluding hydrogens is 274 g/mol. The predicted molar refractivity (Wildman–Crippen MR) is 73.7 cm³/mol. The Morgan fingerprint density at radius 1 is 1.48 bits per heavy atom. The number of rotatable bonds is 5. The van der Waals surface area contributed by atoms with Crippen LogP contribution in [0.2, 0.25) is 0 Å². The van der Waals surface area contributed by atoms with Crippen LogP contribution < -0.4 is 5.32 Å². The Hall–Kier alpha value is -2.64. The van der Waals surface area contributed by atoms with Gasteiger partial charge < -0.3 is 10.4 Å². The molecule has 0 aromatic carbocycles. The molecule has 0 saturated heterocycles. The highest BCUT2D eigenvalue weighted by atomic mass is 16.4. The van der Waals surface area contributed by atoms with E-state index in [1.807, 2.05) is 27.1 Å². The van der Waals surface area contributed by atoms with Crippen molar-refractivity contribution in [2.24, 2.45) is 7.05 Å². The maximum absolute atomic E-state index is 12.2. The number of carbonyl (C=O) groups is 2. The molecule has 0 fully saturated rings. The van der Waals surface area contributed by atoms with Crippen LogP contribution in [0.25, 0.3) is 0 Å². The van der Waals surface area contributed by atoms with Gasteiger partial charge in [-0.1, -0.05) is 0 Å². The Balaban J connectivity index is 2.13. The highest BCUT2D eigenvalue weighted by Gasteiger charge is 2.18. The second-order valence-electron chi connectivity index (χ2n) is 4.81. The minimum atomic E-state index is -1.05. The van der Waals surface area contributed by atoms with Crippen LogP contribution in [0.1, 0.15) is 34.7 Å². The van der Waals surface area contributed by atoms with Crippen molar-refractivity contribution in [1.82, 2.24) is 24.9 Å². The Bertz CT molecular complexity index is 673. The number of aryl methyl sites for hydroxylation is 2. The van der Waals surface area contributed by atoms with E-state index in [-0.39, 0.29) is 24.2 Å².